The maximum Gasteiger partial charge on any atom is 0.230 e. The van der Waals surface area contributed by atoms with Gasteiger partial charge in [-0.05, 0) is 43.5 Å². The van der Waals surface area contributed by atoms with Crippen LogP contribution in [-0.4, -0.2) is 55.0 Å². The van der Waals surface area contributed by atoms with Crippen LogP contribution in [0.2, 0.25) is 0 Å². The van der Waals surface area contributed by atoms with E-state index < -0.39 is 0 Å². The first-order valence-electron chi connectivity index (χ1n) is 8.08. The second-order valence-corrected chi connectivity index (χ2v) is 6.12. The van der Waals surface area contributed by atoms with E-state index in [0.717, 1.165) is 52.1 Å². The van der Waals surface area contributed by atoms with Crippen LogP contribution in [0.5, 0.6) is 0 Å². The normalized spacial score (nSPS) is 21.8. The third kappa shape index (κ3) is 3.11. The van der Waals surface area contributed by atoms with E-state index in [1.807, 2.05) is 6.07 Å². The summed E-state index contributed by atoms with van der Waals surface area (Å²) in [5, 5.41) is 0. The van der Waals surface area contributed by atoms with Crippen LogP contribution in [0.15, 0.2) is 24.3 Å². The number of nitrogens with zero attached hydrogens (tertiary/aromatic N) is 2. The van der Waals surface area contributed by atoms with E-state index in [2.05, 4.69) is 28.0 Å². The zero-order valence-electron chi connectivity index (χ0n) is 12.6. The van der Waals surface area contributed by atoms with Crippen molar-refractivity contribution in [1.82, 2.24) is 9.80 Å². The van der Waals surface area contributed by atoms with Crippen LogP contribution in [0.25, 0.3) is 0 Å². The maximum atomic E-state index is 12.6. The number of rotatable bonds is 5. The highest BCUT2D eigenvalue weighted by molar-refractivity contribution is 5.87. The number of hydrogen-bond acceptors (Lipinski definition) is 3. The van der Waals surface area contributed by atoms with E-state index in [1.54, 1.807) is 0 Å². The van der Waals surface area contributed by atoms with Crippen molar-refractivity contribution in [1.29, 1.82) is 0 Å². The van der Waals surface area contributed by atoms with Crippen LogP contribution >= 0.6 is 0 Å². The van der Waals surface area contributed by atoms with E-state index in [4.69, 9.17) is 5.73 Å². The highest BCUT2D eigenvalue weighted by atomic mass is 16.2. The summed E-state index contributed by atoms with van der Waals surface area (Å²) in [6.07, 6.45) is 3.18. The fourth-order valence-corrected chi connectivity index (χ4v) is 3.37. The van der Waals surface area contributed by atoms with Gasteiger partial charge in [-0.2, -0.15) is 0 Å². The molecule has 4 nitrogen and oxygen atoms in total. The minimum atomic E-state index is 0.116. The van der Waals surface area contributed by atoms with Crippen LogP contribution in [0, 0.1) is 0 Å². The molecule has 21 heavy (non-hydrogen) atoms. The number of hydrogen-bond donors (Lipinski definition) is 1. The molecule has 2 aliphatic rings. The molecule has 1 unspecified atom stereocenters. The summed E-state index contributed by atoms with van der Waals surface area (Å²) >= 11 is 0. The third-order valence-corrected chi connectivity index (χ3v) is 4.77. The molecule has 3 rings (SSSR count). The monoisotopic (exact) mass is 287 g/mol. The molecule has 1 aliphatic heterocycles. The van der Waals surface area contributed by atoms with Gasteiger partial charge in [0.1, 0.15) is 0 Å². The molecule has 1 aromatic carbocycles. The van der Waals surface area contributed by atoms with Gasteiger partial charge in [0.05, 0.1) is 5.92 Å². The minimum absolute atomic E-state index is 0.116. The van der Waals surface area contributed by atoms with Crippen molar-refractivity contribution in [2.24, 2.45) is 5.73 Å². The summed E-state index contributed by atoms with van der Waals surface area (Å²) in [7, 11) is 0. The predicted molar refractivity (Wildman–Crippen MR) is 84.2 cm³/mol. The molecule has 1 fully saturated rings. The van der Waals surface area contributed by atoms with Crippen LogP contribution in [0.1, 0.15) is 29.9 Å². The summed E-state index contributed by atoms with van der Waals surface area (Å²) < 4.78 is 0. The summed E-state index contributed by atoms with van der Waals surface area (Å²) in [5.74, 6) is 0.445. The second-order valence-electron chi connectivity index (χ2n) is 6.12. The van der Waals surface area contributed by atoms with Crippen LogP contribution in [0.4, 0.5) is 0 Å². The summed E-state index contributed by atoms with van der Waals surface area (Å²) in [5.41, 5.74) is 8.12. The number of carbonyl (C=O) groups is 1. The molecule has 0 radical (unpaired) electrons. The lowest BCUT2D eigenvalue weighted by Gasteiger charge is -2.39. The Labute approximate surface area is 126 Å². The standard InChI is InChI=1S/C17H25N3O/c18-7-3-4-8-19-9-11-20(12-10-19)17(21)16-13-14-5-1-2-6-15(14)16/h1-2,5-6,16H,3-4,7-13,18H2. The van der Waals surface area contributed by atoms with Crippen LogP contribution in [0.3, 0.4) is 0 Å². The van der Waals surface area contributed by atoms with Crippen molar-refractivity contribution >= 4 is 5.91 Å². The lowest BCUT2D eigenvalue weighted by atomic mass is 9.77. The van der Waals surface area contributed by atoms with Crippen LogP contribution in [-0.2, 0) is 11.2 Å². The molecular weight excluding hydrogens is 262 g/mol. The first-order chi connectivity index (χ1) is 10.3. The summed E-state index contributed by atoms with van der Waals surface area (Å²) in [6, 6.07) is 8.33. The fraction of sp³-hybridized carbons (Fsp3) is 0.588. The Morgan fingerprint density at radius 1 is 1.14 bits per heavy atom. The zero-order valence-corrected chi connectivity index (χ0v) is 12.6. The molecule has 1 amide bonds. The molecule has 0 saturated carbocycles. The van der Waals surface area contributed by atoms with E-state index >= 15 is 0 Å². The molecule has 0 spiro atoms. The average molecular weight is 287 g/mol. The van der Waals surface area contributed by atoms with Gasteiger partial charge in [-0.1, -0.05) is 24.3 Å². The van der Waals surface area contributed by atoms with Gasteiger partial charge in [0.25, 0.3) is 0 Å². The third-order valence-electron chi connectivity index (χ3n) is 4.77. The van der Waals surface area contributed by atoms with Crippen molar-refractivity contribution in [2.45, 2.75) is 25.2 Å². The van der Waals surface area contributed by atoms with E-state index in [0.29, 0.717) is 5.91 Å². The SMILES string of the molecule is NCCCCN1CCN(C(=O)C2Cc3ccccc32)CC1. The lowest BCUT2D eigenvalue weighted by Crippen LogP contribution is -2.51. The number of nitrogens with two attached hydrogens (primary N) is 1. The molecule has 1 saturated heterocycles. The molecule has 1 atom stereocenters. The predicted octanol–water partition coefficient (Wildman–Crippen LogP) is 1.21. The first kappa shape index (κ1) is 14.5. The number of carbonyl (C=O) groups excluding carboxylic acids is 1. The van der Waals surface area contributed by atoms with E-state index in [1.165, 1.54) is 17.5 Å². The summed E-state index contributed by atoms with van der Waals surface area (Å²) in [4.78, 5) is 17.1. The van der Waals surface area contributed by atoms with Gasteiger partial charge >= 0.3 is 0 Å². The number of piperazine rings is 1. The molecule has 1 aliphatic carbocycles. The van der Waals surface area contributed by atoms with E-state index in [-0.39, 0.29) is 5.92 Å². The van der Waals surface area contributed by atoms with Gasteiger partial charge in [-0.25, -0.2) is 0 Å². The number of fused-ring (bicyclic) bond motifs is 1. The molecule has 1 heterocycles. The first-order valence-corrected chi connectivity index (χ1v) is 8.08. The molecule has 0 bridgehead atoms. The average Bonchev–Trinajstić information content (AvgIpc) is 2.49. The highest BCUT2D eigenvalue weighted by Gasteiger charge is 2.35. The Kier molecular flexibility index (Phi) is 4.56. The molecule has 114 valence electrons. The Hall–Kier alpha value is -1.39. The quantitative estimate of drug-likeness (QED) is 0.828. The fourth-order valence-electron chi connectivity index (χ4n) is 3.37. The Morgan fingerprint density at radius 3 is 2.62 bits per heavy atom. The van der Waals surface area contributed by atoms with Gasteiger partial charge in [0.15, 0.2) is 0 Å². The topological polar surface area (TPSA) is 49.6 Å². The maximum absolute atomic E-state index is 12.6. The summed E-state index contributed by atoms with van der Waals surface area (Å²) in [6.45, 7) is 5.65. The number of benzene rings is 1. The van der Waals surface area contributed by atoms with Crippen molar-refractivity contribution in [3.05, 3.63) is 35.4 Å². The molecule has 4 heteroatoms. The Morgan fingerprint density at radius 2 is 1.90 bits per heavy atom. The molecule has 2 N–H and O–H groups in total. The zero-order chi connectivity index (χ0) is 14.7. The van der Waals surface area contributed by atoms with Gasteiger partial charge in [-0.15, -0.1) is 0 Å². The van der Waals surface area contributed by atoms with Crippen LogP contribution < -0.4 is 5.73 Å². The van der Waals surface area contributed by atoms with Gasteiger partial charge in [0.2, 0.25) is 5.91 Å². The van der Waals surface area contributed by atoms with Crippen molar-refractivity contribution in [3.63, 3.8) is 0 Å². The van der Waals surface area contributed by atoms with Crippen molar-refractivity contribution in [2.75, 3.05) is 39.3 Å². The van der Waals surface area contributed by atoms with E-state index in [9.17, 15) is 4.79 Å². The molecular formula is C17H25N3O. The largest absolute Gasteiger partial charge is 0.340 e. The highest BCUT2D eigenvalue weighted by Crippen LogP contribution is 2.36. The second kappa shape index (κ2) is 6.58. The lowest BCUT2D eigenvalue weighted by molar-refractivity contribution is -0.135. The Bertz CT molecular complexity index is 495. The number of unbranched alkanes of at least 4 members (excludes halogenated alkanes) is 1. The Balaban J connectivity index is 1.48. The van der Waals surface area contributed by atoms with Crippen molar-refractivity contribution < 1.29 is 4.79 Å². The van der Waals surface area contributed by atoms with Gasteiger partial charge in [0, 0.05) is 26.2 Å². The van der Waals surface area contributed by atoms with Crippen molar-refractivity contribution in [3.8, 4) is 0 Å². The van der Waals surface area contributed by atoms with Gasteiger partial charge < -0.3 is 10.6 Å². The number of amides is 1. The smallest absolute Gasteiger partial charge is 0.230 e. The molecule has 1 aromatic rings. The van der Waals surface area contributed by atoms with Gasteiger partial charge in [-0.3, -0.25) is 9.69 Å². The molecule has 0 aromatic heterocycles. The minimum Gasteiger partial charge on any atom is -0.340 e.